The zero-order valence-electron chi connectivity index (χ0n) is 28.5. The summed E-state index contributed by atoms with van der Waals surface area (Å²) >= 11 is 0. The summed E-state index contributed by atoms with van der Waals surface area (Å²) in [6.07, 6.45) is 1.82. The van der Waals surface area contributed by atoms with E-state index in [4.69, 9.17) is 24.4 Å². The Hall–Kier alpha value is -6.07. The average Bonchev–Trinajstić information content (AvgIpc) is 3.57. The Labute approximate surface area is 315 Å². The van der Waals surface area contributed by atoms with E-state index < -0.39 is 0 Å². The van der Waals surface area contributed by atoms with Crippen LogP contribution in [0.1, 0.15) is 11.1 Å². The Morgan fingerprint density at radius 1 is 0.500 bits per heavy atom. The molecule has 0 atom stereocenters. The van der Waals surface area contributed by atoms with Crippen molar-refractivity contribution in [3.05, 3.63) is 169 Å². The molecule has 251 valence electrons. The predicted molar refractivity (Wildman–Crippen MR) is 206 cm³/mol. The zero-order valence-corrected chi connectivity index (χ0v) is 30.9. The van der Waals surface area contributed by atoms with E-state index in [0.29, 0.717) is 17.5 Å². The molecule has 0 saturated heterocycles. The molecule has 0 amide bonds. The van der Waals surface area contributed by atoms with Crippen molar-refractivity contribution in [2.75, 3.05) is 0 Å². The Bertz CT molecular complexity index is 2680. The quantitative estimate of drug-likeness (QED) is 0.156. The summed E-state index contributed by atoms with van der Waals surface area (Å²) in [7, 11) is 0. The fourth-order valence-corrected chi connectivity index (χ4v) is 6.82. The summed E-state index contributed by atoms with van der Waals surface area (Å²) < 4.78 is 6.35. The topological polar surface area (TPSA) is 64.7 Å². The van der Waals surface area contributed by atoms with Gasteiger partial charge in [-0.1, -0.05) is 138 Å². The third kappa shape index (κ3) is 6.24. The molecule has 3 aromatic heterocycles. The van der Waals surface area contributed by atoms with Gasteiger partial charge in [-0.15, -0.1) is 29.8 Å². The van der Waals surface area contributed by atoms with E-state index in [-0.39, 0.29) is 20.1 Å². The molecule has 0 N–H and O–H groups in total. The van der Waals surface area contributed by atoms with Gasteiger partial charge in [-0.2, -0.15) is 0 Å². The molecule has 5 nitrogen and oxygen atoms in total. The van der Waals surface area contributed by atoms with Gasteiger partial charge in [0.05, 0.1) is 5.56 Å². The fourth-order valence-electron chi connectivity index (χ4n) is 6.82. The number of hydrogen-bond acceptors (Lipinski definition) is 5. The Morgan fingerprint density at radius 2 is 1.13 bits per heavy atom. The minimum Gasteiger partial charge on any atom is -0.455 e. The summed E-state index contributed by atoms with van der Waals surface area (Å²) in [5.41, 5.74) is 13.0. The van der Waals surface area contributed by atoms with Crippen LogP contribution in [0, 0.1) is 19.9 Å². The van der Waals surface area contributed by atoms with Gasteiger partial charge in [-0.3, -0.25) is 0 Å². The molecule has 0 aliphatic heterocycles. The Kier molecular flexibility index (Phi) is 8.86. The second-order valence-corrected chi connectivity index (χ2v) is 12.8. The van der Waals surface area contributed by atoms with Crippen molar-refractivity contribution in [1.29, 1.82) is 0 Å². The molecule has 3 heterocycles. The third-order valence-electron chi connectivity index (χ3n) is 9.19. The SMILES string of the molecule is Cc1cc(C)cc(-c2ccccc2-c2c[c-]c(-c3ccc(-c4nc(-c5ccccc5)nc(-c5cccc6c5oc5ccccc56)n4)cn3)cc2)c1.[Ir]. The van der Waals surface area contributed by atoms with Crippen LogP contribution in [0.25, 0.3) is 89.6 Å². The van der Waals surface area contributed by atoms with E-state index in [9.17, 15) is 0 Å². The summed E-state index contributed by atoms with van der Waals surface area (Å²) in [5, 5.41) is 2.08. The standard InChI is InChI=1S/C46H31N4O.Ir/c1-29-25-30(2)27-35(26-29)37-14-7-6-13-36(37)31-19-21-32(22-20-31)41-24-23-34(28-47-41)45-48-44(33-11-4-3-5-12-33)49-46(50-45)40-17-10-16-39-38-15-8-9-18-42(38)51-43(39)40;/h3-21,23-28H,1-2H3;/q-1;. The number of hydrogen-bond donors (Lipinski definition) is 0. The molecule has 6 heteroatoms. The van der Waals surface area contributed by atoms with E-state index in [1.165, 1.54) is 27.8 Å². The van der Waals surface area contributed by atoms with Gasteiger partial charge >= 0.3 is 0 Å². The van der Waals surface area contributed by atoms with Crippen molar-refractivity contribution < 1.29 is 24.5 Å². The number of rotatable bonds is 6. The monoisotopic (exact) mass is 848 g/mol. The molecular formula is C46H31IrN4O-. The minimum absolute atomic E-state index is 0. The maximum atomic E-state index is 6.35. The van der Waals surface area contributed by atoms with Crippen LogP contribution in [0.3, 0.4) is 0 Å². The zero-order chi connectivity index (χ0) is 34.3. The van der Waals surface area contributed by atoms with Gasteiger partial charge in [0, 0.05) is 48.2 Å². The van der Waals surface area contributed by atoms with Crippen molar-refractivity contribution >= 4 is 21.9 Å². The molecule has 9 aromatic rings. The van der Waals surface area contributed by atoms with Crippen LogP contribution in [-0.2, 0) is 20.1 Å². The first kappa shape index (κ1) is 33.1. The van der Waals surface area contributed by atoms with E-state index >= 15 is 0 Å². The minimum atomic E-state index is 0. The van der Waals surface area contributed by atoms with Gasteiger partial charge < -0.3 is 9.40 Å². The van der Waals surface area contributed by atoms with Gasteiger partial charge in [0.1, 0.15) is 11.2 Å². The van der Waals surface area contributed by atoms with Gasteiger partial charge in [0.15, 0.2) is 17.5 Å². The largest absolute Gasteiger partial charge is 0.455 e. The average molecular weight is 848 g/mol. The second-order valence-electron chi connectivity index (χ2n) is 12.8. The van der Waals surface area contributed by atoms with Crippen molar-refractivity contribution in [3.63, 3.8) is 0 Å². The molecule has 0 bridgehead atoms. The molecule has 1 radical (unpaired) electrons. The van der Waals surface area contributed by atoms with Gasteiger partial charge in [0.25, 0.3) is 0 Å². The second kappa shape index (κ2) is 13.9. The van der Waals surface area contributed by atoms with Crippen LogP contribution in [0.5, 0.6) is 0 Å². The number of aromatic nitrogens is 4. The van der Waals surface area contributed by atoms with E-state index in [0.717, 1.165) is 55.4 Å². The maximum absolute atomic E-state index is 6.35. The van der Waals surface area contributed by atoms with E-state index in [1.807, 2.05) is 79.0 Å². The number of fused-ring (bicyclic) bond motifs is 3. The number of pyridine rings is 1. The van der Waals surface area contributed by atoms with Gasteiger partial charge in [-0.05, 0) is 42.8 Å². The molecule has 0 aliphatic carbocycles. The number of aryl methyl sites for hydroxylation is 2. The maximum Gasteiger partial charge on any atom is 0.167 e. The molecule has 0 unspecified atom stereocenters. The van der Waals surface area contributed by atoms with Crippen LogP contribution >= 0.6 is 0 Å². The van der Waals surface area contributed by atoms with Crippen molar-refractivity contribution in [1.82, 2.24) is 19.9 Å². The number of benzene rings is 6. The van der Waals surface area contributed by atoms with E-state index in [2.05, 4.69) is 92.7 Å². The Balaban J connectivity index is 0.00000387. The van der Waals surface area contributed by atoms with Crippen molar-refractivity contribution in [2.45, 2.75) is 13.8 Å². The summed E-state index contributed by atoms with van der Waals surface area (Å²) in [4.78, 5) is 19.7. The molecule has 0 spiro atoms. The smallest absolute Gasteiger partial charge is 0.167 e. The normalized spacial score (nSPS) is 11.1. The van der Waals surface area contributed by atoms with Crippen LogP contribution in [0.2, 0.25) is 0 Å². The van der Waals surface area contributed by atoms with Crippen LogP contribution < -0.4 is 0 Å². The number of nitrogens with zero attached hydrogens (tertiary/aromatic N) is 4. The van der Waals surface area contributed by atoms with Crippen LogP contribution in [-0.4, -0.2) is 19.9 Å². The first-order valence-electron chi connectivity index (χ1n) is 17.0. The summed E-state index contributed by atoms with van der Waals surface area (Å²) in [6.45, 7) is 4.29. The molecule has 0 saturated carbocycles. The van der Waals surface area contributed by atoms with Crippen LogP contribution in [0.4, 0.5) is 0 Å². The molecule has 0 aliphatic rings. The van der Waals surface area contributed by atoms with E-state index in [1.54, 1.807) is 0 Å². The number of furan rings is 1. The fraction of sp³-hybridized carbons (Fsp3) is 0.0435. The van der Waals surface area contributed by atoms with Crippen molar-refractivity contribution in [3.8, 4) is 67.7 Å². The summed E-state index contributed by atoms with van der Waals surface area (Å²) in [6, 6.07) is 53.1. The first-order valence-corrected chi connectivity index (χ1v) is 17.0. The number of para-hydroxylation sites is 2. The third-order valence-corrected chi connectivity index (χ3v) is 9.19. The molecule has 52 heavy (non-hydrogen) atoms. The van der Waals surface area contributed by atoms with Crippen LogP contribution in [0.15, 0.2) is 156 Å². The predicted octanol–water partition coefficient (Wildman–Crippen LogP) is 11.6. The summed E-state index contributed by atoms with van der Waals surface area (Å²) in [5.74, 6) is 1.66. The Morgan fingerprint density at radius 3 is 1.87 bits per heavy atom. The molecule has 9 rings (SSSR count). The van der Waals surface area contributed by atoms with Gasteiger partial charge in [-0.25, -0.2) is 15.0 Å². The first-order chi connectivity index (χ1) is 25.1. The van der Waals surface area contributed by atoms with Gasteiger partial charge in [0.2, 0.25) is 0 Å². The molecule has 6 aromatic carbocycles. The molecular weight excluding hydrogens is 817 g/mol. The van der Waals surface area contributed by atoms with Crippen molar-refractivity contribution in [2.24, 2.45) is 0 Å². The molecule has 0 fully saturated rings.